The van der Waals surface area contributed by atoms with Crippen molar-refractivity contribution in [2.24, 2.45) is 0 Å². The van der Waals surface area contributed by atoms with E-state index in [1.54, 1.807) is 48.5 Å². The predicted molar refractivity (Wildman–Crippen MR) is 104 cm³/mol. The molecule has 0 radical (unpaired) electrons. The van der Waals surface area contributed by atoms with Crippen molar-refractivity contribution in [3.63, 3.8) is 0 Å². The van der Waals surface area contributed by atoms with Gasteiger partial charge in [-0.15, -0.1) is 0 Å². The van der Waals surface area contributed by atoms with Crippen LogP contribution >= 0.6 is 11.3 Å². The first-order valence-corrected chi connectivity index (χ1v) is 9.61. The average molecular weight is 430 g/mol. The molecule has 1 aromatic rings. The van der Waals surface area contributed by atoms with Gasteiger partial charge >= 0.3 is 24.1 Å². The second-order valence-electron chi connectivity index (χ2n) is 7.86. The number of carbonyl (C=O) groups excluding carboxylic acids is 3. The van der Waals surface area contributed by atoms with Gasteiger partial charge in [0.15, 0.2) is 0 Å². The van der Waals surface area contributed by atoms with Gasteiger partial charge in [0.05, 0.1) is 18.7 Å². The topological polar surface area (TPSA) is 132 Å². The maximum atomic E-state index is 12.6. The smallest absolute Gasteiger partial charge is 0.426 e. The summed E-state index contributed by atoms with van der Waals surface area (Å²) in [6.45, 7) is 11.4. The van der Waals surface area contributed by atoms with Crippen LogP contribution in [0.1, 0.15) is 63.8 Å². The number of carboxylic acid groups (broad SMARTS) is 1. The Bertz CT molecular complexity index is 761. The zero-order valence-electron chi connectivity index (χ0n) is 17.5. The predicted octanol–water partition coefficient (Wildman–Crippen LogP) is 3.62. The van der Waals surface area contributed by atoms with E-state index in [4.69, 9.17) is 14.2 Å². The average Bonchev–Trinajstić information content (AvgIpc) is 2.87. The highest BCUT2D eigenvalue weighted by Gasteiger charge is 2.36. The summed E-state index contributed by atoms with van der Waals surface area (Å²) < 4.78 is 15.3. The molecule has 1 heterocycles. The van der Waals surface area contributed by atoms with E-state index in [1.165, 1.54) is 0 Å². The molecule has 2 amide bonds. The lowest BCUT2D eigenvalue weighted by atomic mass is 10.2. The summed E-state index contributed by atoms with van der Waals surface area (Å²) in [4.78, 5) is 52.8. The Morgan fingerprint density at radius 2 is 1.48 bits per heavy atom. The summed E-state index contributed by atoms with van der Waals surface area (Å²) in [5.41, 5.74) is -2.00. The minimum absolute atomic E-state index is 0.111. The molecule has 29 heavy (non-hydrogen) atoms. The number of esters is 1. The van der Waals surface area contributed by atoms with Crippen LogP contribution in [0.25, 0.3) is 0 Å². The van der Waals surface area contributed by atoms with Crippen LogP contribution in [0.2, 0.25) is 0 Å². The molecule has 0 aliphatic heterocycles. The number of aromatic nitrogens is 1. The normalized spacial score (nSPS) is 11.6. The molecule has 162 valence electrons. The van der Waals surface area contributed by atoms with Crippen LogP contribution in [-0.4, -0.2) is 52.0 Å². The molecule has 11 heteroatoms. The SMILES string of the molecule is CCOC(=O)Cc1nc(N(C(=O)OC(C)(C)C)C(=O)OC(C)(C)C)sc1C(=O)O. The van der Waals surface area contributed by atoms with Crippen molar-refractivity contribution in [1.29, 1.82) is 0 Å². The van der Waals surface area contributed by atoms with Crippen molar-refractivity contribution in [3.8, 4) is 0 Å². The number of amides is 2. The van der Waals surface area contributed by atoms with Gasteiger partial charge in [-0.25, -0.2) is 19.4 Å². The minimum Gasteiger partial charge on any atom is -0.477 e. The molecule has 0 aliphatic rings. The van der Waals surface area contributed by atoms with Crippen molar-refractivity contribution in [3.05, 3.63) is 10.6 Å². The summed E-state index contributed by atoms with van der Waals surface area (Å²) in [5.74, 6) is -2.05. The van der Waals surface area contributed by atoms with Crippen LogP contribution in [0.15, 0.2) is 0 Å². The van der Waals surface area contributed by atoms with Gasteiger partial charge in [0.2, 0.25) is 5.13 Å². The van der Waals surface area contributed by atoms with Gasteiger partial charge < -0.3 is 19.3 Å². The number of thiazole rings is 1. The Hall–Kier alpha value is -2.69. The van der Waals surface area contributed by atoms with Gasteiger partial charge in [-0.1, -0.05) is 11.3 Å². The maximum Gasteiger partial charge on any atom is 0.426 e. The van der Waals surface area contributed by atoms with E-state index < -0.39 is 41.7 Å². The third-order valence-corrected chi connectivity index (χ3v) is 3.91. The molecular weight excluding hydrogens is 404 g/mol. The second kappa shape index (κ2) is 9.21. The van der Waals surface area contributed by atoms with Crippen molar-refractivity contribution < 1.29 is 38.5 Å². The van der Waals surface area contributed by atoms with Crippen LogP contribution in [0.5, 0.6) is 0 Å². The van der Waals surface area contributed by atoms with E-state index in [0.717, 1.165) is 0 Å². The molecular formula is C18H26N2O8S. The van der Waals surface area contributed by atoms with E-state index in [1.807, 2.05) is 0 Å². The van der Waals surface area contributed by atoms with Crippen LogP contribution in [-0.2, 0) is 25.4 Å². The third-order valence-electron chi connectivity index (χ3n) is 2.84. The summed E-state index contributed by atoms with van der Waals surface area (Å²) >= 11 is 0.550. The lowest BCUT2D eigenvalue weighted by molar-refractivity contribution is -0.142. The second-order valence-corrected chi connectivity index (χ2v) is 8.83. The quantitative estimate of drug-likeness (QED) is 0.549. The monoisotopic (exact) mass is 430 g/mol. The van der Waals surface area contributed by atoms with Gasteiger partial charge in [0.1, 0.15) is 16.1 Å². The van der Waals surface area contributed by atoms with Crippen LogP contribution in [0, 0.1) is 0 Å². The molecule has 0 bridgehead atoms. The number of aromatic carboxylic acids is 1. The number of rotatable bonds is 5. The fourth-order valence-corrected chi connectivity index (χ4v) is 2.82. The summed E-state index contributed by atoms with van der Waals surface area (Å²) in [6, 6.07) is 0. The van der Waals surface area contributed by atoms with Crippen LogP contribution < -0.4 is 4.90 Å². The number of hydrogen-bond acceptors (Lipinski definition) is 9. The first-order chi connectivity index (χ1) is 13.1. The molecule has 0 unspecified atom stereocenters. The van der Waals surface area contributed by atoms with Crippen LogP contribution in [0.4, 0.5) is 14.7 Å². The number of nitrogens with zero attached hydrogens (tertiary/aromatic N) is 2. The molecule has 0 fully saturated rings. The molecule has 0 atom stereocenters. The van der Waals surface area contributed by atoms with Gasteiger partial charge in [0, 0.05) is 0 Å². The van der Waals surface area contributed by atoms with E-state index in [2.05, 4.69) is 4.98 Å². The van der Waals surface area contributed by atoms with E-state index in [-0.39, 0.29) is 22.3 Å². The van der Waals surface area contributed by atoms with Crippen molar-refractivity contribution in [1.82, 2.24) is 4.98 Å². The zero-order valence-corrected chi connectivity index (χ0v) is 18.3. The molecule has 0 saturated carbocycles. The largest absolute Gasteiger partial charge is 0.477 e. The molecule has 1 N–H and O–H groups in total. The lowest BCUT2D eigenvalue weighted by Crippen LogP contribution is -2.43. The van der Waals surface area contributed by atoms with Gasteiger partial charge in [-0.05, 0) is 48.5 Å². The fourth-order valence-electron chi connectivity index (χ4n) is 1.92. The molecule has 0 aromatic carbocycles. The highest BCUT2D eigenvalue weighted by Crippen LogP contribution is 2.30. The highest BCUT2D eigenvalue weighted by atomic mass is 32.1. The third kappa shape index (κ3) is 7.68. The van der Waals surface area contributed by atoms with Crippen molar-refractivity contribution in [2.45, 2.75) is 66.1 Å². The van der Waals surface area contributed by atoms with Crippen molar-refractivity contribution in [2.75, 3.05) is 11.5 Å². The van der Waals surface area contributed by atoms with Gasteiger partial charge in [0.25, 0.3) is 0 Å². The Morgan fingerprint density at radius 3 is 1.86 bits per heavy atom. The number of imide groups is 1. The molecule has 10 nitrogen and oxygen atoms in total. The first kappa shape index (κ1) is 24.3. The molecule has 0 aliphatic carbocycles. The van der Waals surface area contributed by atoms with Crippen molar-refractivity contribution >= 4 is 40.6 Å². The zero-order chi connectivity index (χ0) is 22.6. The first-order valence-electron chi connectivity index (χ1n) is 8.79. The van der Waals surface area contributed by atoms with Gasteiger partial charge in [-0.3, -0.25) is 4.79 Å². The molecule has 0 spiro atoms. The number of carboxylic acids is 1. The number of ether oxygens (including phenoxy) is 3. The lowest BCUT2D eigenvalue weighted by Gasteiger charge is -2.27. The number of anilines is 1. The molecule has 1 rings (SSSR count). The standard InChI is InChI=1S/C18H26N2O8S/c1-8-26-11(21)9-10-12(13(22)23)29-14(19-10)20(15(24)27-17(2,3)4)16(25)28-18(5,6)7/h8-9H2,1-7H3,(H,22,23). The Balaban J connectivity index is 3.39. The fraction of sp³-hybridized carbons (Fsp3) is 0.611. The summed E-state index contributed by atoms with van der Waals surface area (Å²) in [6.07, 6.45) is -2.59. The number of hydrogen-bond donors (Lipinski definition) is 1. The number of carbonyl (C=O) groups is 4. The molecule has 0 saturated heterocycles. The maximum absolute atomic E-state index is 12.6. The minimum atomic E-state index is -1.36. The van der Waals surface area contributed by atoms with E-state index in [0.29, 0.717) is 16.2 Å². The van der Waals surface area contributed by atoms with Crippen LogP contribution in [0.3, 0.4) is 0 Å². The Labute approximate surface area is 172 Å². The molecule has 1 aromatic heterocycles. The van der Waals surface area contributed by atoms with E-state index >= 15 is 0 Å². The van der Waals surface area contributed by atoms with E-state index in [9.17, 15) is 24.3 Å². The summed E-state index contributed by atoms with van der Waals surface area (Å²) in [7, 11) is 0. The Morgan fingerprint density at radius 1 is 1.00 bits per heavy atom. The summed E-state index contributed by atoms with van der Waals surface area (Å²) in [5, 5.41) is 9.13. The van der Waals surface area contributed by atoms with Gasteiger partial charge in [-0.2, -0.15) is 4.90 Å². The Kier molecular flexibility index (Phi) is 7.73. The highest BCUT2D eigenvalue weighted by molar-refractivity contribution is 7.17.